The predicted molar refractivity (Wildman–Crippen MR) is 125 cm³/mol. The van der Waals surface area contributed by atoms with Crippen LogP contribution in [0.5, 0.6) is 0 Å². The number of alkyl halides is 3. The number of aromatic nitrogens is 1. The number of amides is 3. The van der Waals surface area contributed by atoms with Crippen molar-refractivity contribution in [3.63, 3.8) is 0 Å². The van der Waals surface area contributed by atoms with Gasteiger partial charge in [0.2, 0.25) is 0 Å². The predicted octanol–water partition coefficient (Wildman–Crippen LogP) is 5.77. The van der Waals surface area contributed by atoms with Gasteiger partial charge < -0.3 is 15.5 Å². The van der Waals surface area contributed by atoms with E-state index in [1.54, 1.807) is 31.2 Å². The summed E-state index contributed by atoms with van der Waals surface area (Å²) in [6.45, 7) is 3.60. The SMILES string of the molecule is CCCC(=O)ONC(=O)c1nc(-c2ccc(NC(=O)Nc3ccc(C(F)(F)F)cc3)cc2)c(C)s1. The Hall–Kier alpha value is -3.93. The summed E-state index contributed by atoms with van der Waals surface area (Å²) in [7, 11) is 0. The molecule has 0 aliphatic carbocycles. The molecular formula is C23H21F3N4O4S. The number of hydroxylamine groups is 1. The number of carbonyl (C=O) groups is 3. The fraction of sp³-hybridized carbons (Fsp3) is 0.217. The van der Waals surface area contributed by atoms with Gasteiger partial charge in [0.15, 0.2) is 5.01 Å². The van der Waals surface area contributed by atoms with Gasteiger partial charge in [0.1, 0.15) is 0 Å². The first kappa shape index (κ1) is 25.7. The van der Waals surface area contributed by atoms with Crippen LogP contribution < -0.4 is 16.1 Å². The molecule has 2 aromatic carbocycles. The van der Waals surface area contributed by atoms with E-state index >= 15 is 0 Å². The molecule has 3 rings (SSSR count). The number of thiazole rings is 1. The Morgan fingerprint density at radius 3 is 2.09 bits per heavy atom. The molecule has 1 heterocycles. The standard InChI is InChI=1S/C23H21F3N4O4S/c1-3-4-18(31)34-30-20(32)21-29-19(13(2)35-21)14-5-9-16(10-6-14)27-22(33)28-17-11-7-15(8-12-17)23(24,25)26/h5-12H,3-4H2,1-2H3,(H,30,32)(H2,27,28,33). The normalized spacial score (nSPS) is 11.0. The number of anilines is 2. The number of urea groups is 1. The molecule has 0 saturated heterocycles. The summed E-state index contributed by atoms with van der Waals surface area (Å²) in [5.74, 6) is -1.17. The Morgan fingerprint density at radius 1 is 0.971 bits per heavy atom. The zero-order valence-corrected chi connectivity index (χ0v) is 19.5. The Bertz CT molecular complexity index is 1210. The van der Waals surface area contributed by atoms with Crippen LogP contribution in [0.25, 0.3) is 11.3 Å². The van der Waals surface area contributed by atoms with Crippen molar-refractivity contribution in [1.29, 1.82) is 0 Å². The van der Waals surface area contributed by atoms with Crippen LogP contribution in [0, 0.1) is 6.92 Å². The lowest BCUT2D eigenvalue weighted by atomic mass is 10.1. The van der Waals surface area contributed by atoms with E-state index in [1.807, 2.05) is 6.92 Å². The van der Waals surface area contributed by atoms with E-state index in [9.17, 15) is 27.6 Å². The quantitative estimate of drug-likeness (QED) is 0.368. The summed E-state index contributed by atoms with van der Waals surface area (Å²) in [6, 6.07) is 10.1. The minimum absolute atomic E-state index is 0.125. The van der Waals surface area contributed by atoms with Crippen LogP contribution in [0.2, 0.25) is 0 Å². The fourth-order valence-electron chi connectivity index (χ4n) is 2.91. The third kappa shape index (κ3) is 7.03. The van der Waals surface area contributed by atoms with Crippen molar-refractivity contribution in [2.45, 2.75) is 32.9 Å². The Kier molecular flexibility index (Phi) is 8.07. The summed E-state index contributed by atoms with van der Waals surface area (Å²) in [4.78, 5) is 45.5. The first-order valence-electron chi connectivity index (χ1n) is 10.4. The number of hydrogen-bond donors (Lipinski definition) is 3. The topological polar surface area (TPSA) is 109 Å². The van der Waals surface area contributed by atoms with Crippen molar-refractivity contribution in [3.8, 4) is 11.3 Å². The molecule has 0 saturated carbocycles. The van der Waals surface area contributed by atoms with Gasteiger partial charge in [-0.25, -0.2) is 14.6 Å². The molecule has 8 nitrogen and oxygen atoms in total. The van der Waals surface area contributed by atoms with E-state index in [-0.39, 0.29) is 17.1 Å². The molecular weight excluding hydrogens is 485 g/mol. The van der Waals surface area contributed by atoms with Gasteiger partial charge in [-0.05, 0) is 49.7 Å². The third-order valence-electron chi connectivity index (χ3n) is 4.59. The minimum atomic E-state index is -4.45. The van der Waals surface area contributed by atoms with Crippen molar-refractivity contribution in [2.75, 3.05) is 10.6 Å². The summed E-state index contributed by atoms with van der Waals surface area (Å²) < 4.78 is 37.9. The first-order chi connectivity index (χ1) is 16.6. The van der Waals surface area contributed by atoms with Crippen molar-refractivity contribution in [3.05, 3.63) is 64.0 Å². The van der Waals surface area contributed by atoms with Gasteiger partial charge in [-0.3, -0.25) is 4.79 Å². The molecule has 35 heavy (non-hydrogen) atoms. The molecule has 0 bridgehead atoms. The van der Waals surface area contributed by atoms with Crippen LogP contribution in [-0.2, 0) is 15.8 Å². The van der Waals surface area contributed by atoms with Crippen LogP contribution in [0.3, 0.4) is 0 Å². The highest BCUT2D eigenvalue weighted by Gasteiger charge is 2.30. The second-order valence-corrected chi connectivity index (χ2v) is 8.51. The second kappa shape index (κ2) is 11.0. The van der Waals surface area contributed by atoms with E-state index in [1.165, 1.54) is 0 Å². The Morgan fingerprint density at radius 2 is 1.54 bits per heavy atom. The lowest BCUT2D eigenvalue weighted by Crippen LogP contribution is -2.26. The summed E-state index contributed by atoms with van der Waals surface area (Å²) in [5, 5.41) is 5.17. The molecule has 184 valence electrons. The molecule has 0 spiro atoms. The molecule has 3 N–H and O–H groups in total. The maximum atomic E-state index is 12.6. The largest absolute Gasteiger partial charge is 0.416 e. The van der Waals surface area contributed by atoms with Crippen LogP contribution in [0.15, 0.2) is 48.5 Å². The number of aryl methyl sites for hydroxylation is 1. The molecule has 3 amide bonds. The van der Waals surface area contributed by atoms with Gasteiger partial charge >= 0.3 is 24.1 Å². The number of halogens is 3. The van der Waals surface area contributed by atoms with Gasteiger partial charge in [-0.1, -0.05) is 19.1 Å². The third-order valence-corrected chi connectivity index (χ3v) is 5.56. The molecule has 0 unspecified atom stereocenters. The molecule has 0 fully saturated rings. The van der Waals surface area contributed by atoms with E-state index in [2.05, 4.69) is 21.1 Å². The van der Waals surface area contributed by atoms with E-state index in [4.69, 9.17) is 4.84 Å². The zero-order chi connectivity index (χ0) is 25.6. The molecule has 1 aromatic heterocycles. The van der Waals surface area contributed by atoms with Gasteiger partial charge in [-0.2, -0.15) is 18.7 Å². The maximum absolute atomic E-state index is 12.6. The molecule has 0 radical (unpaired) electrons. The average Bonchev–Trinajstić information content (AvgIpc) is 3.19. The van der Waals surface area contributed by atoms with E-state index in [0.717, 1.165) is 40.5 Å². The maximum Gasteiger partial charge on any atom is 0.416 e. The Balaban J connectivity index is 1.60. The van der Waals surface area contributed by atoms with Gasteiger partial charge in [0.25, 0.3) is 0 Å². The number of carbonyl (C=O) groups excluding carboxylic acids is 3. The molecule has 3 aromatic rings. The number of hydrogen-bond acceptors (Lipinski definition) is 6. The number of rotatable bonds is 6. The van der Waals surface area contributed by atoms with Crippen molar-refractivity contribution in [2.24, 2.45) is 0 Å². The van der Waals surface area contributed by atoms with Crippen molar-refractivity contribution < 1.29 is 32.4 Å². The van der Waals surface area contributed by atoms with Gasteiger partial charge in [-0.15, -0.1) is 11.3 Å². The lowest BCUT2D eigenvalue weighted by molar-refractivity contribution is -0.149. The van der Waals surface area contributed by atoms with Gasteiger partial charge in [0, 0.05) is 28.2 Å². The Labute approximate surface area is 202 Å². The number of nitrogens with one attached hydrogen (secondary N) is 3. The molecule has 0 atom stereocenters. The average molecular weight is 507 g/mol. The van der Waals surface area contributed by atoms with Crippen LogP contribution in [-0.4, -0.2) is 22.9 Å². The smallest absolute Gasteiger partial charge is 0.340 e. The zero-order valence-electron chi connectivity index (χ0n) is 18.7. The highest BCUT2D eigenvalue weighted by atomic mass is 32.1. The number of benzene rings is 2. The van der Waals surface area contributed by atoms with Crippen LogP contribution >= 0.6 is 11.3 Å². The first-order valence-corrected chi connectivity index (χ1v) is 11.2. The van der Waals surface area contributed by atoms with Crippen molar-refractivity contribution >= 4 is 40.6 Å². The summed E-state index contributed by atoms with van der Waals surface area (Å²) in [5.41, 5.74) is 3.16. The fourth-order valence-corrected chi connectivity index (χ4v) is 3.73. The highest BCUT2D eigenvalue weighted by molar-refractivity contribution is 7.14. The molecule has 0 aliphatic heterocycles. The van der Waals surface area contributed by atoms with Crippen LogP contribution in [0.4, 0.5) is 29.3 Å². The monoisotopic (exact) mass is 506 g/mol. The lowest BCUT2D eigenvalue weighted by Gasteiger charge is -2.10. The summed E-state index contributed by atoms with van der Waals surface area (Å²) >= 11 is 1.14. The minimum Gasteiger partial charge on any atom is -0.340 e. The molecule has 0 aliphatic rings. The van der Waals surface area contributed by atoms with Crippen molar-refractivity contribution in [1.82, 2.24) is 10.5 Å². The van der Waals surface area contributed by atoms with Crippen LogP contribution in [0.1, 0.15) is 40.0 Å². The van der Waals surface area contributed by atoms with E-state index < -0.39 is 29.6 Å². The van der Waals surface area contributed by atoms with Gasteiger partial charge in [0.05, 0.1) is 11.3 Å². The highest BCUT2D eigenvalue weighted by Crippen LogP contribution is 2.30. The van der Waals surface area contributed by atoms with E-state index in [0.29, 0.717) is 23.4 Å². The summed E-state index contributed by atoms with van der Waals surface area (Å²) in [6.07, 6.45) is -3.67. The molecule has 12 heteroatoms. The second-order valence-electron chi connectivity index (χ2n) is 7.31. The number of nitrogens with zero attached hydrogens (tertiary/aromatic N) is 1.